The van der Waals surface area contributed by atoms with Crippen LogP contribution in [-0.4, -0.2) is 19.7 Å². The smallest absolute Gasteiger partial charge is 0.165 e. The minimum absolute atomic E-state index is 0.181. The normalized spacial score (nSPS) is 14.0. The Kier molecular flexibility index (Phi) is 3.38. The SMILES string of the molecule is CC(C)(C)n1nc(SC2=CCc3ccccc32)c2c(N)ncnc21. The number of nitrogens with zero attached hydrogens (tertiary/aromatic N) is 4. The van der Waals surface area contributed by atoms with Gasteiger partial charge in [0.15, 0.2) is 5.65 Å². The van der Waals surface area contributed by atoms with Crippen LogP contribution in [0.4, 0.5) is 5.82 Å². The lowest BCUT2D eigenvalue weighted by molar-refractivity contribution is 0.360. The highest BCUT2D eigenvalue weighted by Gasteiger charge is 2.25. The second-order valence-corrected chi connectivity index (χ2v) is 7.91. The molecule has 0 bridgehead atoms. The van der Waals surface area contributed by atoms with Gasteiger partial charge in [-0.05, 0) is 38.3 Å². The van der Waals surface area contributed by atoms with Crippen molar-refractivity contribution in [3.8, 4) is 0 Å². The first kappa shape index (κ1) is 15.2. The lowest BCUT2D eigenvalue weighted by Crippen LogP contribution is -2.23. The van der Waals surface area contributed by atoms with Crippen molar-refractivity contribution in [2.75, 3.05) is 5.73 Å². The standard InChI is InChI=1S/C18H19N5S/c1-18(2,3)23-16-14(15(19)20-10-21-16)17(22-23)24-13-9-8-11-6-4-5-7-12(11)13/h4-7,9-10H,8H2,1-3H3,(H2,19,20,21). The van der Waals surface area contributed by atoms with Gasteiger partial charge in [-0.2, -0.15) is 5.10 Å². The molecule has 122 valence electrons. The van der Waals surface area contributed by atoms with Crippen molar-refractivity contribution in [3.05, 3.63) is 47.8 Å². The maximum absolute atomic E-state index is 6.15. The number of nitrogens with two attached hydrogens (primary N) is 1. The third-order valence-corrected chi connectivity index (χ3v) is 5.18. The molecule has 0 aliphatic heterocycles. The van der Waals surface area contributed by atoms with Crippen molar-refractivity contribution in [2.24, 2.45) is 0 Å². The molecule has 0 amide bonds. The van der Waals surface area contributed by atoms with E-state index in [1.54, 1.807) is 11.8 Å². The van der Waals surface area contributed by atoms with Crippen molar-refractivity contribution in [3.63, 3.8) is 0 Å². The highest BCUT2D eigenvalue weighted by Crippen LogP contribution is 2.43. The van der Waals surface area contributed by atoms with E-state index in [-0.39, 0.29) is 5.54 Å². The summed E-state index contributed by atoms with van der Waals surface area (Å²) in [6.07, 6.45) is 4.71. The number of rotatable bonds is 2. The van der Waals surface area contributed by atoms with Gasteiger partial charge in [0.1, 0.15) is 17.2 Å². The number of fused-ring (bicyclic) bond motifs is 2. The van der Waals surface area contributed by atoms with E-state index in [2.05, 4.69) is 61.1 Å². The van der Waals surface area contributed by atoms with Crippen molar-refractivity contribution in [1.29, 1.82) is 0 Å². The quantitative estimate of drug-likeness (QED) is 0.769. The zero-order valence-corrected chi connectivity index (χ0v) is 14.8. The molecule has 1 aliphatic rings. The van der Waals surface area contributed by atoms with Gasteiger partial charge in [0.25, 0.3) is 0 Å². The van der Waals surface area contributed by atoms with Crippen LogP contribution in [0.25, 0.3) is 15.9 Å². The lowest BCUT2D eigenvalue weighted by Gasteiger charge is -2.19. The Morgan fingerprint density at radius 2 is 1.96 bits per heavy atom. The van der Waals surface area contributed by atoms with E-state index in [1.165, 1.54) is 22.4 Å². The number of allylic oxidation sites excluding steroid dienone is 1. The van der Waals surface area contributed by atoms with Crippen LogP contribution in [0.2, 0.25) is 0 Å². The number of thioether (sulfide) groups is 1. The van der Waals surface area contributed by atoms with Crippen LogP contribution in [0, 0.1) is 0 Å². The molecule has 24 heavy (non-hydrogen) atoms. The zero-order chi connectivity index (χ0) is 16.9. The Morgan fingerprint density at radius 3 is 2.75 bits per heavy atom. The number of nitrogen functional groups attached to an aromatic ring is 1. The summed E-state index contributed by atoms with van der Waals surface area (Å²) < 4.78 is 1.93. The van der Waals surface area contributed by atoms with Gasteiger partial charge in [-0.1, -0.05) is 42.1 Å². The van der Waals surface area contributed by atoms with Crippen molar-refractivity contribution >= 4 is 33.5 Å². The summed E-state index contributed by atoms with van der Waals surface area (Å²) in [6.45, 7) is 6.32. The van der Waals surface area contributed by atoms with Gasteiger partial charge < -0.3 is 5.73 Å². The fourth-order valence-corrected chi connectivity index (χ4v) is 4.04. The van der Waals surface area contributed by atoms with Gasteiger partial charge in [-0.15, -0.1) is 0 Å². The van der Waals surface area contributed by atoms with E-state index in [1.807, 2.05) is 4.68 Å². The van der Waals surface area contributed by atoms with Gasteiger partial charge in [-0.3, -0.25) is 0 Å². The maximum Gasteiger partial charge on any atom is 0.165 e. The van der Waals surface area contributed by atoms with E-state index in [9.17, 15) is 0 Å². The molecule has 1 aromatic carbocycles. The summed E-state index contributed by atoms with van der Waals surface area (Å²) in [4.78, 5) is 9.80. The van der Waals surface area contributed by atoms with Crippen LogP contribution in [0.15, 0.2) is 41.7 Å². The summed E-state index contributed by atoms with van der Waals surface area (Å²) in [7, 11) is 0. The van der Waals surface area contributed by atoms with Crippen LogP contribution < -0.4 is 5.73 Å². The molecular weight excluding hydrogens is 318 g/mol. The van der Waals surface area contributed by atoms with Gasteiger partial charge in [0.2, 0.25) is 0 Å². The van der Waals surface area contributed by atoms with E-state index >= 15 is 0 Å². The summed E-state index contributed by atoms with van der Waals surface area (Å²) >= 11 is 1.64. The number of hydrogen-bond donors (Lipinski definition) is 1. The molecule has 0 fully saturated rings. The van der Waals surface area contributed by atoms with Gasteiger partial charge in [0, 0.05) is 4.91 Å². The largest absolute Gasteiger partial charge is 0.383 e. The predicted octanol–water partition coefficient (Wildman–Crippen LogP) is 3.85. The molecule has 2 aromatic heterocycles. The second kappa shape index (κ2) is 5.34. The van der Waals surface area contributed by atoms with Crippen LogP contribution in [0.3, 0.4) is 0 Å². The minimum Gasteiger partial charge on any atom is -0.383 e. The molecule has 0 spiro atoms. The molecule has 0 radical (unpaired) electrons. The van der Waals surface area contributed by atoms with Gasteiger partial charge >= 0.3 is 0 Å². The van der Waals surface area contributed by atoms with E-state index in [0.29, 0.717) is 5.82 Å². The molecule has 4 rings (SSSR count). The highest BCUT2D eigenvalue weighted by molar-refractivity contribution is 8.08. The molecule has 0 unspecified atom stereocenters. The average molecular weight is 337 g/mol. The van der Waals surface area contributed by atoms with E-state index < -0.39 is 0 Å². The Morgan fingerprint density at radius 1 is 1.17 bits per heavy atom. The topological polar surface area (TPSA) is 69.6 Å². The van der Waals surface area contributed by atoms with Crippen LogP contribution in [0.5, 0.6) is 0 Å². The van der Waals surface area contributed by atoms with Crippen molar-refractivity contribution in [1.82, 2.24) is 19.7 Å². The molecule has 5 nitrogen and oxygen atoms in total. The first-order valence-electron chi connectivity index (χ1n) is 7.91. The summed E-state index contributed by atoms with van der Waals surface area (Å²) in [5.41, 5.74) is 9.37. The molecule has 2 heterocycles. The fraction of sp³-hybridized carbons (Fsp3) is 0.278. The van der Waals surface area contributed by atoms with Crippen LogP contribution in [0.1, 0.15) is 31.9 Å². The zero-order valence-electron chi connectivity index (χ0n) is 13.9. The van der Waals surface area contributed by atoms with Gasteiger partial charge in [-0.25, -0.2) is 14.6 Å². The van der Waals surface area contributed by atoms with Crippen molar-refractivity contribution in [2.45, 2.75) is 37.8 Å². The summed E-state index contributed by atoms with van der Waals surface area (Å²) in [5.74, 6) is 0.477. The van der Waals surface area contributed by atoms with E-state index in [0.717, 1.165) is 22.5 Å². The Balaban J connectivity index is 1.84. The Bertz CT molecular complexity index is 965. The average Bonchev–Trinajstić information content (AvgIpc) is 3.11. The molecule has 0 atom stereocenters. The minimum atomic E-state index is -0.181. The molecule has 6 heteroatoms. The molecule has 3 aromatic rings. The summed E-state index contributed by atoms with van der Waals surface area (Å²) in [5, 5.41) is 6.51. The second-order valence-electron chi connectivity index (χ2n) is 6.88. The van der Waals surface area contributed by atoms with Crippen LogP contribution in [-0.2, 0) is 12.0 Å². The highest BCUT2D eigenvalue weighted by atomic mass is 32.2. The van der Waals surface area contributed by atoms with Gasteiger partial charge in [0.05, 0.1) is 10.9 Å². The Labute approximate surface area is 145 Å². The lowest BCUT2D eigenvalue weighted by atomic mass is 10.1. The summed E-state index contributed by atoms with van der Waals surface area (Å²) in [6, 6.07) is 8.48. The fourth-order valence-electron chi connectivity index (χ4n) is 2.93. The third-order valence-electron chi connectivity index (χ3n) is 4.09. The van der Waals surface area contributed by atoms with Crippen LogP contribution >= 0.6 is 11.8 Å². The first-order chi connectivity index (χ1) is 11.4. The van der Waals surface area contributed by atoms with Crippen molar-refractivity contribution < 1.29 is 0 Å². The molecule has 2 N–H and O–H groups in total. The number of anilines is 1. The monoisotopic (exact) mass is 337 g/mol. The van der Waals surface area contributed by atoms with E-state index in [4.69, 9.17) is 10.8 Å². The molecular formula is C18H19N5S. The Hall–Kier alpha value is -2.34. The predicted molar refractivity (Wildman–Crippen MR) is 98.7 cm³/mol. The molecule has 1 aliphatic carbocycles. The molecule has 0 saturated heterocycles. The number of hydrogen-bond acceptors (Lipinski definition) is 5. The number of aromatic nitrogens is 4. The molecule has 0 saturated carbocycles. The third kappa shape index (κ3) is 2.38. The number of benzene rings is 1. The maximum atomic E-state index is 6.15. The first-order valence-corrected chi connectivity index (χ1v) is 8.73.